The molecule has 0 saturated heterocycles. The molecule has 0 spiro atoms. The van der Waals surface area contributed by atoms with E-state index in [2.05, 4.69) is 25.1 Å². The van der Waals surface area contributed by atoms with Gasteiger partial charge in [0.05, 0.1) is 11.9 Å². The molecule has 0 unspecified atom stereocenters. The van der Waals surface area contributed by atoms with Gasteiger partial charge in [0.2, 0.25) is 11.7 Å². The van der Waals surface area contributed by atoms with E-state index in [1.54, 1.807) is 42.5 Å². The van der Waals surface area contributed by atoms with Gasteiger partial charge in [0.25, 0.3) is 0 Å². The Labute approximate surface area is 159 Å². The average molecular weight is 381 g/mol. The molecule has 1 N–H and O–H groups in total. The van der Waals surface area contributed by atoms with Crippen LogP contribution in [0.1, 0.15) is 12.3 Å². The Morgan fingerprint density at radius 3 is 2.67 bits per heavy atom. The molecule has 4 aromatic rings. The fourth-order valence-electron chi connectivity index (χ4n) is 2.52. The van der Waals surface area contributed by atoms with Crippen LogP contribution >= 0.6 is 11.8 Å². The first-order chi connectivity index (χ1) is 13.3. The van der Waals surface area contributed by atoms with E-state index in [1.807, 2.05) is 12.1 Å². The fourth-order valence-corrected chi connectivity index (χ4v) is 3.31. The Morgan fingerprint density at radius 2 is 1.85 bits per heavy atom. The Morgan fingerprint density at radius 1 is 1.04 bits per heavy atom. The van der Waals surface area contributed by atoms with E-state index in [0.29, 0.717) is 18.1 Å². The Bertz CT molecular complexity index is 1000. The maximum absolute atomic E-state index is 13.0. The van der Waals surface area contributed by atoms with E-state index >= 15 is 0 Å². The van der Waals surface area contributed by atoms with Crippen LogP contribution in [-0.4, -0.2) is 30.8 Å². The van der Waals surface area contributed by atoms with Gasteiger partial charge in [-0.15, -0.1) is 0 Å². The normalized spacial score (nSPS) is 11.0. The van der Waals surface area contributed by atoms with E-state index in [4.69, 9.17) is 4.52 Å². The van der Waals surface area contributed by atoms with Gasteiger partial charge in [-0.05, 0) is 48.4 Å². The molecule has 0 aliphatic carbocycles. The summed E-state index contributed by atoms with van der Waals surface area (Å²) >= 11 is 1.62. The number of nitrogens with one attached hydrogen (secondary N) is 1. The van der Waals surface area contributed by atoms with Crippen LogP contribution < -0.4 is 0 Å². The van der Waals surface area contributed by atoms with E-state index < -0.39 is 0 Å². The summed E-state index contributed by atoms with van der Waals surface area (Å²) in [5, 5.41) is 4.83. The van der Waals surface area contributed by atoms with Crippen LogP contribution in [0.4, 0.5) is 4.39 Å². The summed E-state index contributed by atoms with van der Waals surface area (Å²) in [6, 6.07) is 10.0. The lowest BCUT2D eigenvalue weighted by Gasteiger charge is -1.98. The summed E-state index contributed by atoms with van der Waals surface area (Å²) in [5.41, 5.74) is 2.67. The molecule has 8 heteroatoms. The molecule has 0 aliphatic rings. The van der Waals surface area contributed by atoms with E-state index in [0.717, 1.165) is 34.2 Å². The van der Waals surface area contributed by atoms with Gasteiger partial charge in [-0.2, -0.15) is 4.98 Å². The van der Waals surface area contributed by atoms with Crippen LogP contribution in [-0.2, 0) is 6.42 Å². The second-order valence-electron chi connectivity index (χ2n) is 5.81. The number of hydrogen-bond donors (Lipinski definition) is 1. The molecule has 0 bridgehead atoms. The highest BCUT2D eigenvalue weighted by atomic mass is 32.2. The Kier molecular flexibility index (Phi) is 5.24. The summed E-state index contributed by atoms with van der Waals surface area (Å²) in [6.07, 6.45) is 6.75. The summed E-state index contributed by atoms with van der Waals surface area (Å²) in [7, 11) is 0. The largest absolute Gasteiger partial charge is 0.339 e. The van der Waals surface area contributed by atoms with Crippen molar-refractivity contribution in [3.63, 3.8) is 0 Å². The van der Waals surface area contributed by atoms with Crippen LogP contribution in [0.5, 0.6) is 0 Å². The quantitative estimate of drug-likeness (QED) is 0.378. The standard InChI is InChI=1S/C19H16FN5OS/c20-15-5-3-13(4-6-15)16-12-22-19(23-16)27-11-1-2-17-24-18(25-26-17)14-7-9-21-10-8-14/h3-10,12H,1-2,11H2,(H,22,23). The minimum Gasteiger partial charge on any atom is -0.339 e. The van der Waals surface area contributed by atoms with Crippen LogP contribution in [0.3, 0.4) is 0 Å². The predicted octanol–water partition coefficient (Wildman–Crippen LogP) is 4.39. The molecule has 3 heterocycles. The monoisotopic (exact) mass is 381 g/mol. The first kappa shape index (κ1) is 17.4. The first-order valence-electron chi connectivity index (χ1n) is 8.45. The third-order valence-corrected chi connectivity index (χ3v) is 4.86. The zero-order chi connectivity index (χ0) is 18.5. The van der Waals surface area contributed by atoms with Gasteiger partial charge in [0.1, 0.15) is 5.82 Å². The number of benzene rings is 1. The predicted molar refractivity (Wildman–Crippen MR) is 101 cm³/mol. The van der Waals surface area contributed by atoms with Gasteiger partial charge in [0.15, 0.2) is 5.16 Å². The molecule has 3 aromatic heterocycles. The Balaban J connectivity index is 1.27. The number of nitrogens with zero attached hydrogens (tertiary/aromatic N) is 4. The van der Waals surface area contributed by atoms with Gasteiger partial charge in [-0.25, -0.2) is 9.37 Å². The highest BCUT2D eigenvalue weighted by molar-refractivity contribution is 7.99. The van der Waals surface area contributed by atoms with Gasteiger partial charge >= 0.3 is 0 Å². The second-order valence-corrected chi connectivity index (χ2v) is 6.89. The van der Waals surface area contributed by atoms with Crippen molar-refractivity contribution in [1.82, 2.24) is 25.1 Å². The number of H-pyrrole nitrogens is 1. The van der Waals surface area contributed by atoms with Crippen molar-refractivity contribution in [3.8, 4) is 22.6 Å². The number of rotatable bonds is 7. The number of pyridine rings is 1. The minimum absolute atomic E-state index is 0.249. The van der Waals surface area contributed by atoms with Crippen molar-refractivity contribution < 1.29 is 8.91 Å². The minimum atomic E-state index is -0.249. The molecule has 6 nitrogen and oxygen atoms in total. The highest BCUT2D eigenvalue weighted by Crippen LogP contribution is 2.22. The number of aromatic nitrogens is 5. The molecule has 0 atom stereocenters. The molecular formula is C19H16FN5OS. The van der Waals surface area contributed by atoms with E-state index in [9.17, 15) is 4.39 Å². The van der Waals surface area contributed by atoms with Crippen LogP contribution in [0.25, 0.3) is 22.6 Å². The lowest BCUT2D eigenvalue weighted by molar-refractivity contribution is 0.378. The zero-order valence-corrected chi connectivity index (χ0v) is 15.1. The van der Waals surface area contributed by atoms with Crippen molar-refractivity contribution in [2.24, 2.45) is 0 Å². The SMILES string of the molecule is Fc1ccc(-c2cnc(SCCCc3nc(-c4ccncc4)no3)[nH]2)cc1. The molecule has 0 radical (unpaired) electrons. The zero-order valence-electron chi connectivity index (χ0n) is 14.3. The van der Waals surface area contributed by atoms with Crippen molar-refractivity contribution in [2.45, 2.75) is 18.0 Å². The van der Waals surface area contributed by atoms with Crippen molar-refractivity contribution in [2.75, 3.05) is 5.75 Å². The molecule has 0 fully saturated rings. The number of aromatic amines is 1. The molecule has 27 heavy (non-hydrogen) atoms. The van der Waals surface area contributed by atoms with Crippen molar-refractivity contribution >= 4 is 11.8 Å². The van der Waals surface area contributed by atoms with Gasteiger partial charge in [0, 0.05) is 30.1 Å². The Hall–Kier alpha value is -3.00. The molecule has 4 rings (SSSR count). The maximum atomic E-state index is 13.0. The lowest BCUT2D eigenvalue weighted by Crippen LogP contribution is -1.89. The van der Waals surface area contributed by atoms with Crippen LogP contribution in [0.2, 0.25) is 0 Å². The van der Waals surface area contributed by atoms with Gasteiger partial charge in [-0.3, -0.25) is 4.98 Å². The topological polar surface area (TPSA) is 80.5 Å². The summed E-state index contributed by atoms with van der Waals surface area (Å²) < 4.78 is 18.3. The van der Waals surface area contributed by atoms with Crippen molar-refractivity contribution in [3.05, 3.63) is 66.7 Å². The number of halogens is 1. The first-order valence-corrected chi connectivity index (χ1v) is 9.43. The molecule has 0 saturated carbocycles. The van der Waals surface area contributed by atoms with Gasteiger partial charge < -0.3 is 9.51 Å². The fraction of sp³-hybridized carbons (Fsp3) is 0.158. The summed E-state index contributed by atoms with van der Waals surface area (Å²) in [6.45, 7) is 0. The average Bonchev–Trinajstić information content (AvgIpc) is 3.36. The molecule has 0 aliphatic heterocycles. The third-order valence-electron chi connectivity index (χ3n) is 3.89. The van der Waals surface area contributed by atoms with E-state index in [1.165, 1.54) is 12.1 Å². The third kappa shape index (κ3) is 4.40. The van der Waals surface area contributed by atoms with Crippen LogP contribution in [0, 0.1) is 5.82 Å². The van der Waals surface area contributed by atoms with Crippen molar-refractivity contribution in [1.29, 1.82) is 0 Å². The van der Waals surface area contributed by atoms with E-state index in [-0.39, 0.29) is 5.82 Å². The molecule has 1 aromatic carbocycles. The number of hydrogen-bond acceptors (Lipinski definition) is 6. The summed E-state index contributed by atoms with van der Waals surface area (Å²) in [4.78, 5) is 16.0. The lowest BCUT2D eigenvalue weighted by atomic mass is 10.2. The highest BCUT2D eigenvalue weighted by Gasteiger charge is 2.09. The number of aryl methyl sites for hydroxylation is 1. The van der Waals surface area contributed by atoms with Gasteiger partial charge in [-0.1, -0.05) is 16.9 Å². The molecule has 136 valence electrons. The number of imidazole rings is 1. The summed E-state index contributed by atoms with van der Waals surface area (Å²) in [5.74, 6) is 1.81. The second kappa shape index (κ2) is 8.13. The maximum Gasteiger partial charge on any atom is 0.226 e. The smallest absolute Gasteiger partial charge is 0.226 e. The molecular weight excluding hydrogens is 365 g/mol. The van der Waals surface area contributed by atoms with Crippen LogP contribution in [0.15, 0.2) is 64.7 Å². The molecule has 0 amide bonds. The number of thioether (sulfide) groups is 1.